The number of piperidine rings is 1. The molecule has 244 valence electrons. The minimum absolute atomic E-state index is 0.0278. The Hall–Kier alpha value is -2.81. The summed E-state index contributed by atoms with van der Waals surface area (Å²) in [5.41, 5.74) is 1.91. The second-order valence-corrected chi connectivity index (χ2v) is 12.8. The minimum Gasteiger partial charge on any atom is -0.462 e. The first kappa shape index (κ1) is 33.6. The van der Waals surface area contributed by atoms with E-state index >= 15 is 0 Å². The molecule has 2 atom stereocenters. The number of piperazine rings is 1. The maximum atomic E-state index is 13.2. The lowest BCUT2D eigenvalue weighted by Gasteiger charge is -2.38. The van der Waals surface area contributed by atoms with Gasteiger partial charge in [0.05, 0.1) is 41.8 Å². The summed E-state index contributed by atoms with van der Waals surface area (Å²) >= 11 is 13.8. The van der Waals surface area contributed by atoms with Crippen LogP contribution in [0.25, 0.3) is 11.4 Å². The molecular formula is C30H39Cl2N7O5S. The molecule has 15 heteroatoms. The fourth-order valence-corrected chi connectivity index (χ4v) is 7.22. The van der Waals surface area contributed by atoms with Crippen LogP contribution in [0.15, 0.2) is 12.4 Å². The average molecular weight is 681 g/mol. The van der Waals surface area contributed by atoms with Crippen molar-refractivity contribution in [1.82, 2.24) is 24.8 Å². The minimum atomic E-state index is -0.458. The number of carbonyl (C=O) groups is 2. The highest BCUT2D eigenvalue weighted by atomic mass is 35.5. The van der Waals surface area contributed by atoms with Crippen LogP contribution in [0.1, 0.15) is 52.5 Å². The van der Waals surface area contributed by atoms with E-state index in [9.17, 15) is 14.7 Å². The van der Waals surface area contributed by atoms with Gasteiger partial charge in [-0.3, -0.25) is 9.69 Å². The summed E-state index contributed by atoms with van der Waals surface area (Å²) in [4.78, 5) is 50.2. The van der Waals surface area contributed by atoms with Gasteiger partial charge < -0.3 is 29.4 Å². The Morgan fingerprint density at radius 1 is 1.07 bits per heavy atom. The van der Waals surface area contributed by atoms with E-state index in [4.69, 9.17) is 37.7 Å². The summed E-state index contributed by atoms with van der Waals surface area (Å²) in [6.45, 7) is 11.4. The van der Waals surface area contributed by atoms with Gasteiger partial charge in [-0.2, -0.15) is 0 Å². The predicted octanol–water partition coefficient (Wildman–Crippen LogP) is 4.34. The van der Waals surface area contributed by atoms with E-state index in [1.807, 2.05) is 6.92 Å². The van der Waals surface area contributed by atoms with Crippen molar-refractivity contribution >= 4 is 57.2 Å². The number of carbonyl (C=O) groups excluding carboxylic acids is 2. The maximum Gasteiger partial charge on any atom is 0.350 e. The summed E-state index contributed by atoms with van der Waals surface area (Å²) in [5, 5.41) is 10.5. The van der Waals surface area contributed by atoms with Crippen molar-refractivity contribution in [2.45, 2.75) is 39.7 Å². The summed E-state index contributed by atoms with van der Waals surface area (Å²) in [5.74, 6) is 0.166. The lowest BCUT2D eigenvalue weighted by Crippen LogP contribution is -2.47. The van der Waals surface area contributed by atoms with Crippen molar-refractivity contribution in [3.05, 3.63) is 38.7 Å². The van der Waals surface area contributed by atoms with Gasteiger partial charge in [0.15, 0.2) is 10.9 Å². The highest BCUT2D eigenvalue weighted by Gasteiger charge is 2.35. The number of aliphatic hydroxyl groups is 1. The zero-order chi connectivity index (χ0) is 32.1. The second kappa shape index (κ2) is 15.2. The van der Waals surface area contributed by atoms with Crippen LogP contribution in [-0.4, -0.2) is 113 Å². The van der Waals surface area contributed by atoms with E-state index in [2.05, 4.69) is 29.7 Å². The maximum absolute atomic E-state index is 13.2. The molecule has 0 unspecified atom stereocenters. The Morgan fingerprint density at radius 2 is 1.84 bits per heavy atom. The van der Waals surface area contributed by atoms with Crippen LogP contribution in [0.2, 0.25) is 10.0 Å². The molecule has 5 heterocycles. The first-order valence-electron chi connectivity index (χ1n) is 15.3. The lowest BCUT2D eigenvalue weighted by atomic mass is 9.88. The standard InChI is InChI=1S/C30H39Cl2N7O5S/c1-4-43-22-17-39(7-6-19(22)14-21(41)27-25(32)24(31)18(3)35-27)30-36-26(28(45-30)29(42)44-5-2)20-15-34-23(16-33-20)38-10-8-37(9-11-38)12-13-40/h15-16,19,22,35,40H,4-14,17H2,1-3H3/t19-,22-/m0/s1. The molecule has 0 amide bonds. The van der Waals surface area contributed by atoms with E-state index in [-0.39, 0.29) is 42.5 Å². The molecule has 2 N–H and O–H groups in total. The first-order valence-corrected chi connectivity index (χ1v) is 16.8. The SMILES string of the molecule is CCOC(=O)c1sc(N2CC[C@@H](CC(=O)c3[nH]c(C)c(Cl)c3Cl)[C@@H](OCC)C2)nc1-c1cnc(N2CCN(CCO)CC2)cn1. The number of hydrogen-bond donors (Lipinski definition) is 2. The van der Waals surface area contributed by atoms with Gasteiger partial charge in [-0.05, 0) is 33.1 Å². The molecule has 3 aromatic rings. The molecule has 5 rings (SSSR count). The molecule has 2 fully saturated rings. The average Bonchev–Trinajstić information content (AvgIpc) is 3.60. The molecule has 0 aromatic carbocycles. The van der Waals surface area contributed by atoms with Crippen LogP contribution < -0.4 is 9.80 Å². The first-order chi connectivity index (χ1) is 21.7. The summed E-state index contributed by atoms with van der Waals surface area (Å²) in [6.07, 6.45) is 4.09. The monoisotopic (exact) mass is 679 g/mol. The highest BCUT2D eigenvalue weighted by molar-refractivity contribution is 7.17. The Labute approximate surface area is 276 Å². The number of Topliss-reactive ketones (excluding diaryl/α,β-unsaturated/α-hetero) is 1. The lowest BCUT2D eigenvalue weighted by molar-refractivity contribution is 0.0103. The van der Waals surface area contributed by atoms with E-state index in [0.717, 1.165) is 32.0 Å². The molecule has 2 aliphatic heterocycles. The van der Waals surface area contributed by atoms with Gasteiger partial charge in [0, 0.05) is 64.5 Å². The van der Waals surface area contributed by atoms with Crippen molar-refractivity contribution in [2.24, 2.45) is 5.92 Å². The number of hydrogen-bond acceptors (Lipinski definition) is 12. The van der Waals surface area contributed by atoms with Gasteiger partial charge in [0.25, 0.3) is 0 Å². The van der Waals surface area contributed by atoms with Crippen molar-refractivity contribution < 1.29 is 24.2 Å². The Balaban J connectivity index is 1.32. The van der Waals surface area contributed by atoms with E-state index in [1.54, 1.807) is 26.2 Å². The van der Waals surface area contributed by atoms with Crippen molar-refractivity contribution in [2.75, 3.05) is 75.4 Å². The third-order valence-corrected chi connectivity index (χ3v) is 10.2. The van der Waals surface area contributed by atoms with Gasteiger partial charge in [-0.25, -0.2) is 19.7 Å². The smallest absolute Gasteiger partial charge is 0.350 e. The van der Waals surface area contributed by atoms with Crippen LogP contribution in [-0.2, 0) is 9.47 Å². The van der Waals surface area contributed by atoms with Gasteiger partial charge in [-0.1, -0.05) is 34.5 Å². The number of aromatic nitrogens is 4. The molecular weight excluding hydrogens is 641 g/mol. The number of aliphatic hydroxyl groups excluding tert-OH is 1. The molecule has 2 aliphatic rings. The number of aromatic amines is 1. The number of thiazole rings is 1. The van der Waals surface area contributed by atoms with Gasteiger partial charge >= 0.3 is 5.97 Å². The van der Waals surface area contributed by atoms with Crippen LogP contribution >= 0.6 is 34.5 Å². The Morgan fingerprint density at radius 3 is 2.47 bits per heavy atom. The highest BCUT2D eigenvalue weighted by Crippen LogP contribution is 2.37. The van der Waals surface area contributed by atoms with Crippen molar-refractivity contribution in [1.29, 1.82) is 0 Å². The molecule has 12 nitrogen and oxygen atoms in total. The molecule has 0 bridgehead atoms. The van der Waals surface area contributed by atoms with Gasteiger partial charge in [0.2, 0.25) is 0 Å². The van der Waals surface area contributed by atoms with E-state index < -0.39 is 5.97 Å². The number of ether oxygens (including phenoxy) is 2. The van der Waals surface area contributed by atoms with Crippen LogP contribution in [0.3, 0.4) is 0 Å². The quantitative estimate of drug-likeness (QED) is 0.209. The number of aryl methyl sites for hydroxylation is 1. The molecule has 0 aliphatic carbocycles. The number of nitrogens with one attached hydrogen (secondary N) is 1. The zero-order valence-electron chi connectivity index (χ0n) is 25.7. The normalized spacial score (nSPS) is 19.2. The third-order valence-electron chi connectivity index (χ3n) is 8.20. The molecule has 0 spiro atoms. The number of anilines is 2. The van der Waals surface area contributed by atoms with Gasteiger partial charge in [0.1, 0.15) is 27.8 Å². The Bertz CT molecular complexity index is 1480. The van der Waals surface area contributed by atoms with E-state index in [0.29, 0.717) is 70.5 Å². The fraction of sp³-hybridized carbons (Fsp3) is 0.567. The Kier molecular flexibility index (Phi) is 11.3. The number of β-amino-alcohol motifs (C(OH)–C–C–N with tert-alkyl or cyclic N) is 1. The van der Waals surface area contributed by atoms with E-state index in [1.165, 1.54) is 11.3 Å². The number of halogens is 2. The number of rotatable bonds is 12. The van der Waals surface area contributed by atoms with Crippen LogP contribution in [0, 0.1) is 12.8 Å². The number of nitrogens with zero attached hydrogens (tertiary/aromatic N) is 6. The molecule has 3 aromatic heterocycles. The number of H-pyrrole nitrogens is 1. The molecule has 0 saturated carbocycles. The molecule has 2 saturated heterocycles. The molecule has 0 radical (unpaired) electrons. The van der Waals surface area contributed by atoms with Gasteiger partial charge in [-0.15, -0.1) is 0 Å². The zero-order valence-corrected chi connectivity index (χ0v) is 28.1. The third kappa shape index (κ3) is 7.61. The summed E-state index contributed by atoms with van der Waals surface area (Å²) in [6, 6.07) is 0. The number of ketones is 1. The van der Waals surface area contributed by atoms with Crippen LogP contribution in [0.5, 0.6) is 0 Å². The second-order valence-electron chi connectivity index (χ2n) is 11.1. The van der Waals surface area contributed by atoms with Crippen molar-refractivity contribution in [3.63, 3.8) is 0 Å². The summed E-state index contributed by atoms with van der Waals surface area (Å²) in [7, 11) is 0. The van der Waals surface area contributed by atoms with Crippen molar-refractivity contribution in [3.8, 4) is 11.4 Å². The fourth-order valence-electron chi connectivity index (χ4n) is 5.78. The van der Waals surface area contributed by atoms with Crippen LogP contribution in [0.4, 0.5) is 10.9 Å². The number of esters is 1. The topological polar surface area (TPSA) is 137 Å². The molecule has 45 heavy (non-hydrogen) atoms. The summed E-state index contributed by atoms with van der Waals surface area (Å²) < 4.78 is 11.5. The predicted molar refractivity (Wildman–Crippen MR) is 175 cm³/mol. The largest absolute Gasteiger partial charge is 0.462 e.